The molecular weight excluding hydrogens is 362 g/mol. The molecule has 3 rings (SSSR count). The Morgan fingerprint density at radius 3 is 2.50 bits per heavy atom. The maximum Gasteiger partial charge on any atom is 0.317 e. The number of carbonyl (C=O) groups excluding carboxylic acids is 3. The number of esters is 1. The summed E-state index contributed by atoms with van der Waals surface area (Å²) in [6.07, 6.45) is 0.573. The van der Waals surface area contributed by atoms with Crippen LogP contribution < -0.4 is 14.8 Å². The van der Waals surface area contributed by atoms with Gasteiger partial charge < -0.3 is 19.5 Å². The Balaban J connectivity index is 2.05. The summed E-state index contributed by atoms with van der Waals surface area (Å²) in [6.45, 7) is 3.76. The lowest BCUT2D eigenvalue weighted by Crippen LogP contribution is -2.44. The van der Waals surface area contributed by atoms with E-state index in [0.717, 1.165) is 5.56 Å². The van der Waals surface area contributed by atoms with Gasteiger partial charge in [-0.15, -0.1) is 0 Å². The van der Waals surface area contributed by atoms with Gasteiger partial charge in [0, 0.05) is 23.6 Å². The van der Waals surface area contributed by atoms with Crippen LogP contribution in [-0.4, -0.2) is 38.5 Å². The highest BCUT2D eigenvalue weighted by Gasteiger charge is 2.45. The Morgan fingerprint density at radius 2 is 1.86 bits per heavy atom. The zero-order chi connectivity index (χ0) is 20.4. The first-order valence-electron chi connectivity index (χ1n) is 9.36. The van der Waals surface area contributed by atoms with Crippen LogP contribution in [0, 0.1) is 11.8 Å². The second kappa shape index (κ2) is 8.04. The van der Waals surface area contributed by atoms with Crippen LogP contribution in [0.1, 0.15) is 38.2 Å². The van der Waals surface area contributed by atoms with Crippen LogP contribution in [0.25, 0.3) is 0 Å². The quantitative estimate of drug-likeness (QED) is 0.616. The molecule has 7 nitrogen and oxygen atoms in total. The molecule has 0 bridgehead atoms. The maximum atomic E-state index is 13.3. The highest BCUT2D eigenvalue weighted by Crippen LogP contribution is 2.43. The molecule has 3 atom stereocenters. The van der Waals surface area contributed by atoms with Crippen molar-refractivity contribution in [2.75, 3.05) is 20.8 Å². The molecule has 3 unspecified atom stereocenters. The molecule has 1 amide bonds. The van der Waals surface area contributed by atoms with Crippen molar-refractivity contribution < 1.29 is 28.6 Å². The van der Waals surface area contributed by atoms with Crippen LogP contribution >= 0.6 is 0 Å². The molecule has 0 spiro atoms. The summed E-state index contributed by atoms with van der Waals surface area (Å²) in [5.41, 5.74) is 1.86. The number of ether oxygens (including phenoxy) is 3. The van der Waals surface area contributed by atoms with Gasteiger partial charge in [-0.05, 0) is 37.0 Å². The molecule has 1 N–H and O–H groups in total. The fourth-order valence-corrected chi connectivity index (χ4v) is 4.06. The zero-order valence-electron chi connectivity index (χ0n) is 16.5. The van der Waals surface area contributed by atoms with E-state index in [1.807, 2.05) is 13.0 Å². The summed E-state index contributed by atoms with van der Waals surface area (Å²) >= 11 is 0. The second-order valence-electron chi connectivity index (χ2n) is 7.09. The van der Waals surface area contributed by atoms with E-state index in [-0.39, 0.29) is 30.6 Å². The molecule has 1 heterocycles. The third-order valence-electron chi connectivity index (χ3n) is 5.35. The first-order valence-corrected chi connectivity index (χ1v) is 9.36. The van der Waals surface area contributed by atoms with E-state index in [0.29, 0.717) is 29.2 Å². The fourth-order valence-electron chi connectivity index (χ4n) is 4.06. The Labute approximate surface area is 164 Å². The van der Waals surface area contributed by atoms with Gasteiger partial charge in [0.1, 0.15) is 5.92 Å². The lowest BCUT2D eigenvalue weighted by atomic mass is 9.70. The third kappa shape index (κ3) is 3.48. The molecule has 2 aliphatic rings. The summed E-state index contributed by atoms with van der Waals surface area (Å²) in [4.78, 5) is 38.0. The van der Waals surface area contributed by atoms with Crippen LogP contribution in [-0.2, 0) is 19.1 Å². The molecule has 1 aliphatic heterocycles. The molecule has 0 aromatic heterocycles. The van der Waals surface area contributed by atoms with Gasteiger partial charge in [-0.1, -0.05) is 13.0 Å². The number of ketones is 1. The SMILES string of the molecule is CCOC(=O)C1C(=O)C2=C(CC1C)NC(=O)CC2c1ccc(OC)c(OC)c1. The third-order valence-corrected chi connectivity index (χ3v) is 5.35. The van der Waals surface area contributed by atoms with Crippen LogP contribution in [0.15, 0.2) is 29.5 Å². The molecule has 0 saturated carbocycles. The molecular formula is C21H25NO6. The lowest BCUT2D eigenvalue weighted by molar-refractivity contribution is -0.153. The number of Topliss-reactive ketones (excluding diaryl/α,β-unsaturated/α-hetero) is 1. The number of benzene rings is 1. The molecule has 1 aliphatic carbocycles. The van der Waals surface area contributed by atoms with E-state index in [1.54, 1.807) is 26.2 Å². The van der Waals surface area contributed by atoms with Crippen molar-refractivity contribution in [2.24, 2.45) is 11.8 Å². The van der Waals surface area contributed by atoms with Crippen molar-refractivity contribution in [3.8, 4) is 11.5 Å². The number of carbonyl (C=O) groups is 3. The molecule has 28 heavy (non-hydrogen) atoms. The van der Waals surface area contributed by atoms with Gasteiger partial charge in [0.05, 0.1) is 20.8 Å². The highest BCUT2D eigenvalue weighted by molar-refractivity contribution is 6.11. The average molecular weight is 387 g/mol. The van der Waals surface area contributed by atoms with Crippen LogP contribution in [0.5, 0.6) is 11.5 Å². The number of amides is 1. The number of methoxy groups -OCH3 is 2. The minimum absolute atomic E-state index is 0.129. The van der Waals surface area contributed by atoms with Crippen molar-refractivity contribution in [2.45, 2.75) is 32.6 Å². The van der Waals surface area contributed by atoms with Gasteiger partial charge >= 0.3 is 5.97 Å². The smallest absolute Gasteiger partial charge is 0.317 e. The monoisotopic (exact) mass is 387 g/mol. The Hall–Kier alpha value is -2.83. The van der Waals surface area contributed by atoms with Crippen LogP contribution in [0.4, 0.5) is 0 Å². The second-order valence-corrected chi connectivity index (χ2v) is 7.09. The van der Waals surface area contributed by atoms with E-state index in [2.05, 4.69) is 5.32 Å². The van der Waals surface area contributed by atoms with E-state index < -0.39 is 17.8 Å². The van der Waals surface area contributed by atoms with Crippen molar-refractivity contribution in [3.05, 3.63) is 35.0 Å². The predicted molar refractivity (Wildman–Crippen MR) is 101 cm³/mol. The van der Waals surface area contributed by atoms with Crippen molar-refractivity contribution >= 4 is 17.7 Å². The van der Waals surface area contributed by atoms with Gasteiger partial charge in [-0.25, -0.2) is 0 Å². The van der Waals surface area contributed by atoms with Gasteiger partial charge in [-0.2, -0.15) is 0 Å². The molecule has 150 valence electrons. The molecule has 7 heteroatoms. The molecule has 0 radical (unpaired) electrons. The number of nitrogens with one attached hydrogen (secondary N) is 1. The minimum Gasteiger partial charge on any atom is -0.493 e. The van der Waals surface area contributed by atoms with E-state index in [4.69, 9.17) is 14.2 Å². The molecule has 1 aromatic carbocycles. The van der Waals surface area contributed by atoms with Gasteiger partial charge in [0.2, 0.25) is 5.91 Å². The molecule has 1 aromatic rings. The number of allylic oxidation sites excluding steroid dienone is 2. The predicted octanol–water partition coefficient (Wildman–Crippen LogP) is 2.35. The summed E-state index contributed by atoms with van der Waals surface area (Å²) in [5, 5.41) is 2.83. The van der Waals surface area contributed by atoms with Gasteiger partial charge in [0.15, 0.2) is 17.3 Å². The molecule has 0 fully saturated rings. The molecule has 0 saturated heterocycles. The Bertz CT molecular complexity index is 843. The Morgan fingerprint density at radius 1 is 1.14 bits per heavy atom. The normalized spacial score (nSPS) is 24.4. The highest BCUT2D eigenvalue weighted by atomic mass is 16.5. The summed E-state index contributed by atoms with van der Waals surface area (Å²) < 4.78 is 15.8. The zero-order valence-corrected chi connectivity index (χ0v) is 16.5. The lowest BCUT2D eigenvalue weighted by Gasteiger charge is -2.36. The standard InChI is InChI=1S/C21H25NO6/c1-5-28-21(25)18-11(2)8-14-19(20(18)24)13(10-17(23)22-14)12-6-7-15(26-3)16(9-12)27-4/h6-7,9,11,13,18H,5,8,10H2,1-4H3,(H,22,23). The largest absolute Gasteiger partial charge is 0.493 e. The van der Waals surface area contributed by atoms with E-state index >= 15 is 0 Å². The summed E-state index contributed by atoms with van der Waals surface area (Å²) in [6, 6.07) is 5.34. The number of rotatable bonds is 5. The Kier molecular flexibility index (Phi) is 5.72. The van der Waals surface area contributed by atoms with Crippen molar-refractivity contribution in [3.63, 3.8) is 0 Å². The average Bonchev–Trinajstić information content (AvgIpc) is 2.66. The number of hydrogen-bond acceptors (Lipinski definition) is 6. The summed E-state index contributed by atoms with van der Waals surface area (Å²) in [5.74, 6) is -1.37. The van der Waals surface area contributed by atoms with E-state index in [9.17, 15) is 14.4 Å². The first kappa shape index (κ1) is 19.9. The van der Waals surface area contributed by atoms with Crippen LogP contribution in [0.3, 0.4) is 0 Å². The van der Waals surface area contributed by atoms with Crippen molar-refractivity contribution in [1.82, 2.24) is 5.32 Å². The minimum atomic E-state index is -0.851. The maximum absolute atomic E-state index is 13.3. The van der Waals surface area contributed by atoms with Crippen LogP contribution in [0.2, 0.25) is 0 Å². The fraction of sp³-hybridized carbons (Fsp3) is 0.476. The topological polar surface area (TPSA) is 90.9 Å². The first-order chi connectivity index (χ1) is 13.4. The van der Waals surface area contributed by atoms with Gasteiger partial charge in [-0.3, -0.25) is 14.4 Å². The van der Waals surface area contributed by atoms with E-state index in [1.165, 1.54) is 7.11 Å². The summed E-state index contributed by atoms with van der Waals surface area (Å²) in [7, 11) is 3.08. The number of hydrogen-bond donors (Lipinski definition) is 1. The van der Waals surface area contributed by atoms with Gasteiger partial charge in [0.25, 0.3) is 0 Å². The van der Waals surface area contributed by atoms with Crippen molar-refractivity contribution in [1.29, 1.82) is 0 Å².